The maximum absolute atomic E-state index is 5.80. The van der Waals surface area contributed by atoms with E-state index in [9.17, 15) is 0 Å². The summed E-state index contributed by atoms with van der Waals surface area (Å²) in [4.78, 5) is 15.5. The fourth-order valence-corrected chi connectivity index (χ4v) is 1.49. The first-order valence-electron chi connectivity index (χ1n) is 4.78. The highest BCUT2D eigenvalue weighted by Crippen LogP contribution is 2.12. The Morgan fingerprint density at radius 3 is 2.65 bits per heavy atom. The maximum Gasteiger partial charge on any atom is 0.441 e. The lowest BCUT2D eigenvalue weighted by molar-refractivity contribution is -0.603. The first-order valence-corrected chi connectivity index (χ1v) is 4.78. The standard InChI is InChI=1S/C10H9N6.ClH/c11-8-7-9(13-6-12-7)15-10(14-8)16-4-2-1-3-5-16;/h1-6H,(H3,11,12,13,14,15);1H/q+1;/p-1. The first-order chi connectivity index (χ1) is 7.84. The van der Waals surface area contributed by atoms with Gasteiger partial charge in [-0.25, -0.2) is 9.55 Å². The molecule has 6 nitrogen and oxygen atoms in total. The van der Waals surface area contributed by atoms with E-state index in [1.807, 2.05) is 30.6 Å². The van der Waals surface area contributed by atoms with E-state index in [1.54, 1.807) is 10.9 Å². The Labute approximate surface area is 103 Å². The smallest absolute Gasteiger partial charge is 0.441 e. The number of imidazole rings is 1. The second-order valence-corrected chi connectivity index (χ2v) is 3.29. The summed E-state index contributed by atoms with van der Waals surface area (Å²) in [6.07, 6.45) is 5.26. The van der Waals surface area contributed by atoms with Crippen LogP contribution >= 0.6 is 0 Å². The highest BCUT2D eigenvalue weighted by molar-refractivity contribution is 5.81. The second-order valence-electron chi connectivity index (χ2n) is 3.29. The van der Waals surface area contributed by atoms with Crippen molar-refractivity contribution in [2.75, 3.05) is 5.73 Å². The molecule has 0 aliphatic rings. The SMILES string of the molecule is Nc1nc(-[n+]2ccccc2)nc2nc[nH]c12.[Cl-]. The summed E-state index contributed by atoms with van der Waals surface area (Å²) in [6, 6.07) is 5.72. The first kappa shape index (κ1) is 11.3. The predicted molar refractivity (Wildman–Crippen MR) is 57.6 cm³/mol. The van der Waals surface area contributed by atoms with Crippen LogP contribution in [0.4, 0.5) is 5.82 Å². The normalized spacial score (nSPS) is 10.1. The second kappa shape index (κ2) is 4.34. The van der Waals surface area contributed by atoms with Gasteiger partial charge in [-0.15, -0.1) is 0 Å². The Bertz CT molecular complexity index is 636. The van der Waals surface area contributed by atoms with Crippen LogP contribution in [0.3, 0.4) is 0 Å². The highest BCUT2D eigenvalue weighted by Gasteiger charge is 2.16. The third kappa shape index (κ3) is 1.90. The van der Waals surface area contributed by atoms with Gasteiger partial charge < -0.3 is 23.1 Å². The topological polar surface area (TPSA) is 84.4 Å². The number of hydrogen-bond donors (Lipinski definition) is 2. The van der Waals surface area contributed by atoms with Gasteiger partial charge in [0.2, 0.25) is 5.82 Å². The summed E-state index contributed by atoms with van der Waals surface area (Å²) in [5.74, 6) is 0.909. The number of aromatic amines is 1. The molecule has 0 radical (unpaired) electrons. The predicted octanol–water partition coefficient (Wildman–Crippen LogP) is -2.78. The number of pyridine rings is 1. The zero-order valence-corrected chi connectivity index (χ0v) is 9.46. The van der Waals surface area contributed by atoms with E-state index in [-0.39, 0.29) is 12.4 Å². The summed E-state index contributed by atoms with van der Waals surface area (Å²) in [5.41, 5.74) is 7.04. The lowest BCUT2D eigenvalue weighted by atomic mass is 10.5. The largest absolute Gasteiger partial charge is 1.00 e. The summed E-state index contributed by atoms with van der Waals surface area (Å²) in [6.45, 7) is 0. The molecule has 0 aromatic carbocycles. The molecule has 0 unspecified atom stereocenters. The molecule has 0 fully saturated rings. The number of hydrogen-bond acceptors (Lipinski definition) is 4. The summed E-state index contributed by atoms with van der Waals surface area (Å²) < 4.78 is 1.78. The number of nitrogens with one attached hydrogen (secondary N) is 1. The van der Waals surface area contributed by atoms with E-state index >= 15 is 0 Å². The van der Waals surface area contributed by atoms with E-state index < -0.39 is 0 Å². The van der Waals surface area contributed by atoms with Gasteiger partial charge in [0.1, 0.15) is 0 Å². The highest BCUT2D eigenvalue weighted by atomic mass is 35.5. The molecule has 0 amide bonds. The van der Waals surface area contributed by atoms with Crippen molar-refractivity contribution in [2.24, 2.45) is 0 Å². The minimum absolute atomic E-state index is 0. The van der Waals surface area contributed by atoms with E-state index in [0.29, 0.717) is 22.9 Å². The van der Waals surface area contributed by atoms with Crippen molar-refractivity contribution < 1.29 is 17.0 Å². The molecule has 0 saturated carbocycles. The fourth-order valence-electron chi connectivity index (χ4n) is 1.49. The molecule has 0 aliphatic carbocycles. The summed E-state index contributed by atoms with van der Waals surface area (Å²) >= 11 is 0. The molecule has 7 heteroatoms. The third-order valence-electron chi connectivity index (χ3n) is 2.25. The number of halogens is 1. The van der Waals surface area contributed by atoms with Gasteiger partial charge in [0, 0.05) is 0 Å². The average Bonchev–Trinajstić information content (AvgIpc) is 2.79. The molecular formula is C10H9ClN6. The minimum Gasteiger partial charge on any atom is -1.00 e. The fraction of sp³-hybridized carbons (Fsp3) is 0. The molecule has 0 saturated heterocycles. The molecule has 0 atom stereocenters. The van der Waals surface area contributed by atoms with Gasteiger partial charge in [0.05, 0.1) is 18.7 Å². The van der Waals surface area contributed by atoms with Crippen LogP contribution in [0.15, 0.2) is 36.9 Å². The van der Waals surface area contributed by atoms with Crippen LogP contribution < -0.4 is 22.7 Å². The quantitative estimate of drug-likeness (QED) is 0.456. The number of rotatable bonds is 1. The molecule has 0 aliphatic heterocycles. The number of H-pyrrole nitrogens is 1. The molecule has 0 spiro atoms. The van der Waals surface area contributed by atoms with Crippen LogP contribution in [0.1, 0.15) is 0 Å². The number of fused-ring (bicyclic) bond motifs is 1. The van der Waals surface area contributed by atoms with Gasteiger partial charge in [-0.2, -0.15) is 0 Å². The van der Waals surface area contributed by atoms with Gasteiger partial charge in [-0.1, -0.05) is 6.07 Å². The molecule has 17 heavy (non-hydrogen) atoms. The van der Waals surface area contributed by atoms with Crippen LogP contribution in [-0.2, 0) is 0 Å². The number of nitrogen functional groups attached to an aromatic ring is 1. The van der Waals surface area contributed by atoms with Gasteiger partial charge in [0.25, 0.3) is 5.65 Å². The van der Waals surface area contributed by atoms with E-state index in [2.05, 4.69) is 19.9 Å². The average molecular weight is 249 g/mol. The van der Waals surface area contributed by atoms with Crippen molar-refractivity contribution >= 4 is 17.0 Å². The van der Waals surface area contributed by atoms with Crippen LogP contribution in [0, 0.1) is 0 Å². The molecule has 3 N–H and O–H groups in total. The van der Waals surface area contributed by atoms with Gasteiger partial charge in [-0.3, -0.25) is 0 Å². The number of nitrogens with zero attached hydrogens (tertiary/aromatic N) is 4. The summed E-state index contributed by atoms with van der Waals surface area (Å²) in [7, 11) is 0. The van der Waals surface area contributed by atoms with E-state index in [4.69, 9.17) is 5.73 Å². The zero-order valence-electron chi connectivity index (χ0n) is 8.71. The van der Waals surface area contributed by atoms with Crippen LogP contribution in [0.25, 0.3) is 17.1 Å². The molecule has 3 aromatic rings. The van der Waals surface area contributed by atoms with Crippen LogP contribution in [0.2, 0.25) is 0 Å². The van der Waals surface area contributed by atoms with Crippen LogP contribution in [-0.4, -0.2) is 19.9 Å². The van der Waals surface area contributed by atoms with Gasteiger partial charge in [0.15, 0.2) is 5.52 Å². The Kier molecular flexibility index (Phi) is 2.88. The Morgan fingerprint density at radius 2 is 1.88 bits per heavy atom. The van der Waals surface area contributed by atoms with E-state index in [1.165, 1.54) is 0 Å². The number of anilines is 1. The van der Waals surface area contributed by atoms with Crippen molar-refractivity contribution in [3.63, 3.8) is 0 Å². The number of aromatic nitrogens is 5. The van der Waals surface area contributed by atoms with Crippen molar-refractivity contribution in [1.82, 2.24) is 19.9 Å². The van der Waals surface area contributed by atoms with Gasteiger partial charge in [-0.05, 0) is 22.1 Å². The number of nitrogens with two attached hydrogens (primary N) is 1. The zero-order chi connectivity index (χ0) is 11.0. The van der Waals surface area contributed by atoms with Gasteiger partial charge >= 0.3 is 5.95 Å². The molecule has 3 rings (SSSR count). The minimum atomic E-state index is 0. The summed E-state index contributed by atoms with van der Waals surface area (Å²) in [5, 5.41) is 0. The molecular weight excluding hydrogens is 240 g/mol. The molecule has 0 bridgehead atoms. The molecule has 3 aromatic heterocycles. The Morgan fingerprint density at radius 1 is 1.12 bits per heavy atom. The lowest BCUT2D eigenvalue weighted by Gasteiger charge is -1.94. The van der Waals surface area contributed by atoms with E-state index in [0.717, 1.165) is 0 Å². The monoisotopic (exact) mass is 248 g/mol. The Balaban J connectivity index is 0.00000108. The van der Waals surface area contributed by atoms with Crippen molar-refractivity contribution in [2.45, 2.75) is 0 Å². The maximum atomic E-state index is 5.80. The van der Waals surface area contributed by atoms with Crippen molar-refractivity contribution in [3.8, 4) is 5.95 Å². The lowest BCUT2D eigenvalue weighted by Crippen LogP contribution is -3.00. The Hall–Kier alpha value is -2.21. The van der Waals surface area contributed by atoms with Crippen LogP contribution in [0.5, 0.6) is 0 Å². The van der Waals surface area contributed by atoms with Crippen molar-refractivity contribution in [1.29, 1.82) is 0 Å². The molecule has 86 valence electrons. The molecule has 3 heterocycles. The third-order valence-corrected chi connectivity index (χ3v) is 2.25. The van der Waals surface area contributed by atoms with Crippen molar-refractivity contribution in [3.05, 3.63) is 36.9 Å².